The van der Waals surface area contributed by atoms with Crippen molar-refractivity contribution in [1.82, 2.24) is 35.1 Å². The van der Waals surface area contributed by atoms with E-state index < -0.39 is 0 Å². The molecule has 0 bridgehead atoms. The van der Waals surface area contributed by atoms with Gasteiger partial charge in [0.1, 0.15) is 16.8 Å². The van der Waals surface area contributed by atoms with Crippen molar-refractivity contribution in [3.8, 4) is 39.0 Å². The van der Waals surface area contributed by atoms with E-state index in [1.165, 1.54) is 0 Å². The molecular weight excluding hydrogens is 410 g/mol. The van der Waals surface area contributed by atoms with Crippen LogP contribution in [0.1, 0.15) is 0 Å². The highest BCUT2D eigenvalue weighted by molar-refractivity contribution is 7.13. The molecule has 0 aliphatic rings. The zero-order chi connectivity index (χ0) is 20.8. The Balaban J connectivity index is 1.50. The van der Waals surface area contributed by atoms with Crippen LogP contribution in [0.5, 0.6) is 5.75 Å². The van der Waals surface area contributed by atoms with E-state index in [0.717, 1.165) is 43.8 Å². The summed E-state index contributed by atoms with van der Waals surface area (Å²) in [5, 5.41) is 9.57. The van der Waals surface area contributed by atoms with E-state index in [9.17, 15) is 0 Å². The van der Waals surface area contributed by atoms with Crippen molar-refractivity contribution < 1.29 is 4.74 Å². The zero-order valence-corrected chi connectivity index (χ0v) is 17.1. The molecule has 0 aromatic carbocycles. The Hall–Kier alpha value is -4.11. The van der Waals surface area contributed by atoms with Gasteiger partial charge in [0.15, 0.2) is 11.5 Å². The van der Waals surface area contributed by atoms with Crippen LogP contribution in [0.2, 0.25) is 0 Å². The number of nitrogens with one attached hydrogen (secondary N) is 2. The summed E-state index contributed by atoms with van der Waals surface area (Å²) in [7, 11) is 1.62. The first-order chi connectivity index (χ1) is 15.3. The number of hydrogen-bond donors (Lipinski definition) is 2. The summed E-state index contributed by atoms with van der Waals surface area (Å²) in [6.45, 7) is 0. The number of nitrogens with zero attached hydrogens (tertiary/aromatic N) is 5. The van der Waals surface area contributed by atoms with Gasteiger partial charge in [-0.2, -0.15) is 5.10 Å². The van der Waals surface area contributed by atoms with E-state index in [-0.39, 0.29) is 0 Å². The molecule has 0 amide bonds. The summed E-state index contributed by atoms with van der Waals surface area (Å²) < 4.78 is 5.29. The highest BCUT2D eigenvalue weighted by Gasteiger charge is 2.17. The number of aromatic nitrogens is 7. The van der Waals surface area contributed by atoms with Crippen LogP contribution in [0.3, 0.4) is 0 Å². The fourth-order valence-corrected chi connectivity index (χ4v) is 4.29. The van der Waals surface area contributed by atoms with Crippen LogP contribution in [-0.2, 0) is 0 Å². The highest BCUT2D eigenvalue weighted by atomic mass is 32.1. The number of thiophene rings is 1. The molecule has 0 fully saturated rings. The summed E-state index contributed by atoms with van der Waals surface area (Å²) >= 11 is 1.66. The fourth-order valence-electron chi connectivity index (χ4n) is 3.55. The first-order valence-corrected chi connectivity index (χ1v) is 10.4. The molecule has 31 heavy (non-hydrogen) atoms. The molecule has 6 rings (SSSR count). The number of fused-ring (bicyclic) bond motifs is 2. The van der Waals surface area contributed by atoms with Crippen LogP contribution in [-0.4, -0.2) is 42.2 Å². The van der Waals surface area contributed by atoms with Crippen molar-refractivity contribution >= 4 is 33.4 Å². The lowest BCUT2D eigenvalue weighted by Crippen LogP contribution is -1.89. The molecule has 0 spiro atoms. The predicted molar refractivity (Wildman–Crippen MR) is 120 cm³/mol. The Kier molecular flexibility index (Phi) is 4.00. The van der Waals surface area contributed by atoms with E-state index in [4.69, 9.17) is 14.7 Å². The normalized spacial score (nSPS) is 11.4. The number of hydrogen-bond acceptors (Lipinski definition) is 7. The third-order valence-corrected chi connectivity index (χ3v) is 5.96. The number of methoxy groups -OCH3 is 1. The SMILES string of the molecule is COc1cncc(-c2ccc3[nH]nc(-c4nc5c(-c6cccs6)cncc5[nH]4)c3n2)c1. The van der Waals surface area contributed by atoms with Gasteiger partial charge in [-0.15, -0.1) is 11.3 Å². The first kappa shape index (κ1) is 17.7. The number of H-pyrrole nitrogens is 2. The van der Waals surface area contributed by atoms with Crippen molar-refractivity contribution in [2.75, 3.05) is 7.11 Å². The summed E-state index contributed by atoms with van der Waals surface area (Å²) in [6, 6.07) is 9.87. The summed E-state index contributed by atoms with van der Waals surface area (Å²) in [5.41, 5.74) is 6.55. The molecule has 0 radical (unpaired) electrons. The monoisotopic (exact) mass is 425 g/mol. The van der Waals surface area contributed by atoms with Gasteiger partial charge in [-0.3, -0.25) is 15.1 Å². The molecule has 0 aliphatic heterocycles. The topological polar surface area (TPSA) is 105 Å². The third kappa shape index (κ3) is 2.94. The van der Waals surface area contributed by atoms with Crippen molar-refractivity contribution in [2.45, 2.75) is 0 Å². The Morgan fingerprint density at radius 1 is 0.935 bits per heavy atom. The second kappa shape index (κ2) is 6.99. The van der Waals surface area contributed by atoms with Gasteiger partial charge in [-0.1, -0.05) is 6.07 Å². The average Bonchev–Trinajstić information content (AvgIpc) is 3.57. The van der Waals surface area contributed by atoms with E-state index in [1.54, 1.807) is 37.0 Å². The van der Waals surface area contributed by atoms with Crippen molar-refractivity contribution in [2.24, 2.45) is 0 Å². The third-order valence-electron chi connectivity index (χ3n) is 5.06. The molecule has 0 saturated carbocycles. The van der Waals surface area contributed by atoms with E-state index in [0.29, 0.717) is 17.3 Å². The Bertz CT molecular complexity index is 1530. The van der Waals surface area contributed by atoms with E-state index in [1.807, 2.05) is 35.8 Å². The van der Waals surface area contributed by atoms with Gasteiger partial charge < -0.3 is 9.72 Å². The second-order valence-corrected chi connectivity index (χ2v) is 7.87. The van der Waals surface area contributed by atoms with Gasteiger partial charge in [0.2, 0.25) is 0 Å². The molecule has 6 aromatic rings. The predicted octanol–water partition coefficient (Wildman–Crippen LogP) is 4.70. The highest BCUT2D eigenvalue weighted by Crippen LogP contribution is 2.33. The van der Waals surface area contributed by atoms with Crippen LogP contribution in [0.25, 0.3) is 55.3 Å². The molecule has 6 heterocycles. The zero-order valence-electron chi connectivity index (χ0n) is 16.3. The Morgan fingerprint density at radius 3 is 2.74 bits per heavy atom. The molecule has 0 aliphatic carbocycles. The fraction of sp³-hybridized carbons (Fsp3) is 0.0455. The molecule has 150 valence electrons. The second-order valence-electron chi connectivity index (χ2n) is 6.92. The smallest absolute Gasteiger partial charge is 0.161 e. The van der Waals surface area contributed by atoms with Gasteiger partial charge in [0.05, 0.1) is 36.2 Å². The molecule has 0 unspecified atom stereocenters. The molecule has 8 nitrogen and oxygen atoms in total. The molecule has 9 heteroatoms. The van der Waals surface area contributed by atoms with Crippen LogP contribution in [0, 0.1) is 0 Å². The van der Waals surface area contributed by atoms with Gasteiger partial charge in [-0.25, -0.2) is 9.97 Å². The van der Waals surface area contributed by atoms with Gasteiger partial charge >= 0.3 is 0 Å². The standard InChI is InChI=1S/C22H15N7OS/c1-30-13-7-12(8-23-9-13)15-4-5-16-20(25-15)21(29-28-16)22-26-17-11-24-10-14(19(17)27-22)18-3-2-6-31-18/h2-11H,1H3,(H,26,27)(H,28,29). The lowest BCUT2D eigenvalue weighted by atomic mass is 10.1. The quantitative estimate of drug-likeness (QED) is 0.424. The molecule has 0 saturated heterocycles. The van der Waals surface area contributed by atoms with Crippen molar-refractivity contribution in [3.05, 3.63) is 60.5 Å². The summed E-state index contributed by atoms with van der Waals surface area (Å²) in [5.74, 6) is 1.32. The minimum Gasteiger partial charge on any atom is -0.495 e. The number of imidazole rings is 1. The summed E-state index contributed by atoms with van der Waals surface area (Å²) in [6.07, 6.45) is 7.04. The van der Waals surface area contributed by atoms with E-state index >= 15 is 0 Å². The van der Waals surface area contributed by atoms with Crippen LogP contribution in [0.4, 0.5) is 0 Å². The number of pyridine rings is 3. The maximum atomic E-state index is 5.29. The maximum absolute atomic E-state index is 5.29. The lowest BCUT2D eigenvalue weighted by Gasteiger charge is -2.03. The molecule has 6 aromatic heterocycles. The number of ether oxygens (including phenoxy) is 1. The first-order valence-electron chi connectivity index (χ1n) is 9.52. The molecule has 2 N–H and O–H groups in total. The van der Waals surface area contributed by atoms with Crippen molar-refractivity contribution in [3.63, 3.8) is 0 Å². The minimum absolute atomic E-state index is 0.639. The van der Waals surface area contributed by atoms with Gasteiger partial charge in [-0.05, 0) is 29.6 Å². The van der Waals surface area contributed by atoms with Gasteiger partial charge in [0.25, 0.3) is 0 Å². The summed E-state index contributed by atoms with van der Waals surface area (Å²) in [4.78, 5) is 22.7. The average molecular weight is 425 g/mol. The van der Waals surface area contributed by atoms with Crippen LogP contribution in [0.15, 0.2) is 60.5 Å². The lowest BCUT2D eigenvalue weighted by molar-refractivity contribution is 0.413. The molecule has 0 atom stereocenters. The number of rotatable bonds is 4. The van der Waals surface area contributed by atoms with Gasteiger partial charge in [0, 0.05) is 28.4 Å². The number of aromatic amines is 2. The molecular formula is C22H15N7OS. The minimum atomic E-state index is 0.639. The van der Waals surface area contributed by atoms with Crippen LogP contribution >= 0.6 is 11.3 Å². The van der Waals surface area contributed by atoms with Crippen molar-refractivity contribution in [1.29, 1.82) is 0 Å². The maximum Gasteiger partial charge on any atom is 0.161 e. The largest absolute Gasteiger partial charge is 0.495 e. The Labute approximate surface area is 180 Å². The van der Waals surface area contributed by atoms with E-state index in [2.05, 4.69) is 31.2 Å². The van der Waals surface area contributed by atoms with Crippen LogP contribution < -0.4 is 4.74 Å². The Morgan fingerprint density at radius 2 is 1.87 bits per heavy atom.